The van der Waals surface area contributed by atoms with Crippen molar-refractivity contribution in [2.45, 2.75) is 43.5 Å². The number of aromatic nitrogens is 1. The van der Waals surface area contributed by atoms with E-state index in [9.17, 15) is 13.2 Å². The summed E-state index contributed by atoms with van der Waals surface area (Å²) < 4.78 is 24.8. The van der Waals surface area contributed by atoms with Gasteiger partial charge in [-0.25, -0.2) is 8.42 Å². The number of likely N-dealkylation sites (tertiary alicyclic amines) is 1. The fourth-order valence-corrected chi connectivity index (χ4v) is 3.53. The lowest BCUT2D eigenvalue weighted by Gasteiger charge is -2.30. The van der Waals surface area contributed by atoms with Gasteiger partial charge in [0.1, 0.15) is 10.6 Å². The first-order valence-corrected chi connectivity index (χ1v) is 9.63. The van der Waals surface area contributed by atoms with Gasteiger partial charge in [-0.2, -0.15) is 0 Å². The van der Waals surface area contributed by atoms with Crippen LogP contribution in [0.25, 0.3) is 0 Å². The average molecular weight is 331 g/mol. The van der Waals surface area contributed by atoms with E-state index in [1.54, 1.807) is 4.57 Å². The Balaban J connectivity index is 1.90. The van der Waals surface area contributed by atoms with E-state index >= 15 is 0 Å². The van der Waals surface area contributed by atoms with Gasteiger partial charge in [-0.15, -0.1) is 0 Å². The van der Waals surface area contributed by atoms with Crippen LogP contribution in [0.3, 0.4) is 0 Å². The molecule has 2 aliphatic rings. The molecule has 1 saturated heterocycles. The van der Waals surface area contributed by atoms with Gasteiger partial charge in [-0.05, 0) is 37.7 Å². The van der Waals surface area contributed by atoms with Crippen LogP contribution in [0.2, 0.25) is 0 Å². The molecule has 0 radical (unpaired) electrons. The van der Waals surface area contributed by atoms with E-state index in [4.69, 9.17) is 10.7 Å². The molecule has 1 aliphatic heterocycles. The van der Waals surface area contributed by atoms with E-state index in [1.165, 1.54) is 12.3 Å². The van der Waals surface area contributed by atoms with E-state index in [1.807, 2.05) is 4.90 Å². The number of carbonyl (C=O) groups excluding carboxylic acids is 1. The molecule has 0 unspecified atom stereocenters. The SMILES string of the molecule is CC1CCN(C(=O)c2cc(S(=O)(=O)Cl)cn2C2CC2)CC1. The molecule has 3 rings (SSSR count). The highest BCUT2D eigenvalue weighted by molar-refractivity contribution is 8.13. The minimum Gasteiger partial charge on any atom is -0.339 e. The normalized spacial score (nSPS) is 20.8. The second-order valence-corrected chi connectivity index (χ2v) is 8.68. The van der Waals surface area contributed by atoms with Crippen LogP contribution in [0.1, 0.15) is 49.1 Å². The summed E-state index contributed by atoms with van der Waals surface area (Å²) in [6.45, 7) is 3.66. The van der Waals surface area contributed by atoms with Crippen molar-refractivity contribution in [3.05, 3.63) is 18.0 Å². The van der Waals surface area contributed by atoms with Crippen molar-refractivity contribution < 1.29 is 13.2 Å². The Bertz CT molecular complexity index is 656. The van der Waals surface area contributed by atoms with E-state index in [2.05, 4.69) is 6.92 Å². The third-order valence-corrected chi connectivity index (χ3v) is 5.66. The molecular formula is C14H19ClN2O3S. The summed E-state index contributed by atoms with van der Waals surface area (Å²) in [6.07, 6.45) is 5.45. The summed E-state index contributed by atoms with van der Waals surface area (Å²) in [5.41, 5.74) is 0.450. The lowest BCUT2D eigenvalue weighted by atomic mass is 9.99. The molecule has 1 aromatic heterocycles. The highest BCUT2D eigenvalue weighted by Gasteiger charge is 2.32. The summed E-state index contributed by atoms with van der Waals surface area (Å²) in [5.74, 6) is 0.559. The fourth-order valence-electron chi connectivity index (χ4n) is 2.79. The molecule has 0 atom stereocenters. The number of hydrogen-bond acceptors (Lipinski definition) is 3. The van der Waals surface area contributed by atoms with Gasteiger partial charge in [0.05, 0.1) is 0 Å². The molecule has 0 bridgehead atoms. The number of halogens is 1. The molecule has 21 heavy (non-hydrogen) atoms. The molecule has 0 aromatic carbocycles. The smallest absolute Gasteiger partial charge is 0.270 e. The van der Waals surface area contributed by atoms with Gasteiger partial charge in [0.15, 0.2) is 0 Å². The lowest BCUT2D eigenvalue weighted by molar-refractivity contribution is 0.0686. The van der Waals surface area contributed by atoms with Gasteiger partial charge in [0, 0.05) is 36.0 Å². The molecule has 2 heterocycles. The minimum atomic E-state index is -3.80. The predicted molar refractivity (Wildman–Crippen MR) is 80.0 cm³/mol. The summed E-state index contributed by atoms with van der Waals surface area (Å²) >= 11 is 0. The van der Waals surface area contributed by atoms with Crippen molar-refractivity contribution in [1.29, 1.82) is 0 Å². The molecule has 1 amide bonds. The van der Waals surface area contributed by atoms with Crippen LogP contribution < -0.4 is 0 Å². The standard InChI is InChI=1S/C14H19ClN2O3S/c1-10-4-6-16(7-5-10)14(18)13-8-12(21(15,19)20)9-17(13)11-2-3-11/h8-11H,2-7H2,1H3. The van der Waals surface area contributed by atoms with Crippen LogP contribution >= 0.6 is 10.7 Å². The third-order valence-electron chi connectivity index (χ3n) is 4.34. The number of carbonyl (C=O) groups is 1. The Morgan fingerprint density at radius 3 is 2.38 bits per heavy atom. The maximum absolute atomic E-state index is 12.7. The molecule has 116 valence electrons. The van der Waals surface area contributed by atoms with Crippen LogP contribution in [-0.4, -0.2) is 36.9 Å². The van der Waals surface area contributed by atoms with Gasteiger partial charge < -0.3 is 9.47 Å². The van der Waals surface area contributed by atoms with Crippen molar-refractivity contribution in [1.82, 2.24) is 9.47 Å². The van der Waals surface area contributed by atoms with Crippen molar-refractivity contribution >= 4 is 25.6 Å². The number of hydrogen-bond donors (Lipinski definition) is 0. The predicted octanol–water partition coefficient (Wildman–Crippen LogP) is 2.62. The molecule has 0 spiro atoms. The van der Waals surface area contributed by atoms with Crippen LogP contribution in [0.15, 0.2) is 17.2 Å². The number of piperidine rings is 1. The minimum absolute atomic E-state index is 0.0183. The van der Waals surface area contributed by atoms with Crippen LogP contribution in [0.4, 0.5) is 0 Å². The van der Waals surface area contributed by atoms with Gasteiger partial charge in [-0.1, -0.05) is 6.92 Å². The topological polar surface area (TPSA) is 59.4 Å². The first kappa shape index (κ1) is 14.9. The summed E-state index contributed by atoms with van der Waals surface area (Å²) in [6, 6.07) is 1.65. The first-order chi connectivity index (χ1) is 9.86. The summed E-state index contributed by atoms with van der Waals surface area (Å²) in [5, 5.41) is 0. The molecule has 2 fully saturated rings. The molecule has 1 saturated carbocycles. The van der Waals surface area contributed by atoms with Crippen molar-refractivity contribution in [3.8, 4) is 0 Å². The summed E-state index contributed by atoms with van der Waals surface area (Å²) in [7, 11) is 1.61. The Labute approximate surface area is 129 Å². The van der Waals surface area contributed by atoms with Gasteiger partial charge >= 0.3 is 0 Å². The zero-order valence-electron chi connectivity index (χ0n) is 12.0. The van der Waals surface area contributed by atoms with E-state index in [-0.39, 0.29) is 16.8 Å². The second kappa shape index (κ2) is 5.32. The van der Waals surface area contributed by atoms with Crippen molar-refractivity contribution in [3.63, 3.8) is 0 Å². The zero-order valence-corrected chi connectivity index (χ0v) is 13.5. The van der Waals surface area contributed by atoms with Crippen LogP contribution in [0.5, 0.6) is 0 Å². The Kier molecular flexibility index (Phi) is 3.78. The third kappa shape index (κ3) is 3.11. The molecular weight excluding hydrogens is 312 g/mol. The molecule has 0 N–H and O–H groups in total. The number of nitrogens with zero attached hydrogens (tertiary/aromatic N) is 2. The lowest BCUT2D eigenvalue weighted by Crippen LogP contribution is -2.38. The van der Waals surface area contributed by atoms with Crippen LogP contribution in [-0.2, 0) is 9.05 Å². The van der Waals surface area contributed by atoms with Gasteiger partial charge in [-0.3, -0.25) is 4.79 Å². The maximum Gasteiger partial charge on any atom is 0.270 e. The monoisotopic (exact) mass is 330 g/mol. The van der Waals surface area contributed by atoms with Crippen LogP contribution in [0, 0.1) is 5.92 Å². The van der Waals surface area contributed by atoms with E-state index < -0.39 is 9.05 Å². The molecule has 7 heteroatoms. The molecule has 5 nitrogen and oxygen atoms in total. The fraction of sp³-hybridized carbons (Fsp3) is 0.643. The van der Waals surface area contributed by atoms with Crippen molar-refractivity contribution in [2.24, 2.45) is 5.92 Å². The van der Waals surface area contributed by atoms with Crippen molar-refractivity contribution in [2.75, 3.05) is 13.1 Å². The first-order valence-electron chi connectivity index (χ1n) is 7.32. The maximum atomic E-state index is 12.7. The quantitative estimate of drug-likeness (QED) is 0.800. The second-order valence-electron chi connectivity index (χ2n) is 6.11. The highest BCUT2D eigenvalue weighted by atomic mass is 35.7. The molecule has 1 aromatic rings. The Hall–Kier alpha value is -1.01. The number of amides is 1. The van der Waals surface area contributed by atoms with E-state index in [0.717, 1.165) is 38.8 Å². The summed E-state index contributed by atoms with van der Waals surface area (Å²) in [4.78, 5) is 14.5. The number of rotatable bonds is 3. The largest absolute Gasteiger partial charge is 0.339 e. The highest BCUT2D eigenvalue weighted by Crippen LogP contribution is 2.38. The van der Waals surface area contributed by atoms with Gasteiger partial charge in [0.25, 0.3) is 15.0 Å². The molecule has 1 aliphatic carbocycles. The Morgan fingerprint density at radius 2 is 1.86 bits per heavy atom. The average Bonchev–Trinajstić information content (AvgIpc) is 3.16. The van der Waals surface area contributed by atoms with E-state index in [0.29, 0.717) is 11.6 Å². The zero-order chi connectivity index (χ0) is 15.2. The Morgan fingerprint density at radius 1 is 1.24 bits per heavy atom. The van der Waals surface area contributed by atoms with Gasteiger partial charge in [0.2, 0.25) is 0 Å².